The maximum absolute atomic E-state index is 13.7. The molecule has 2 rings (SSSR count). The Morgan fingerprint density at radius 2 is 1.78 bits per heavy atom. The number of nitrogens with two attached hydrogens (primary N) is 1. The van der Waals surface area contributed by atoms with Crippen LogP contribution in [0.5, 0.6) is 0 Å². The summed E-state index contributed by atoms with van der Waals surface area (Å²) >= 11 is 11.6. The molecule has 1 atom stereocenters. The molecule has 0 saturated carbocycles. The zero-order valence-electron chi connectivity index (χ0n) is 9.54. The van der Waals surface area contributed by atoms with Crippen LogP contribution < -0.4 is 5.73 Å². The van der Waals surface area contributed by atoms with E-state index >= 15 is 0 Å². The lowest BCUT2D eigenvalue weighted by Gasteiger charge is -2.13. The Morgan fingerprint density at radius 3 is 2.44 bits per heavy atom. The van der Waals surface area contributed by atoms with Gasteiger partial charge in [-0.3, -0.25) is 0 Å². The molecular weight excluding hydrogens is 272 g/mol. The molecule has 0 bridgehead atoms. The van der Waals surface area contributed by atoms with Gasteiger partial charge in [-0.1, -0.05) is 41.4 Å². The molecule has 0 saturated heterocycles. The first-order valence-electron chi connectivity index (χ1n) is 5.51. The van der Waals surface area contributed by atoms with Crippen molar-refractivity contribution in [2.45, 2.75) is 12.5 Å². The first-order chi connectivity index (χ1) is 8.56. The topological polar surface area (TPSA) is 26.0 Å². The van der Waals surface area contributed by atoms with E-state index in [9.17, 15) is 4.39 Å². The van der Waals surface area contributed by atoms with E-state index in [0.717, 1.165) is 5.56 Å². The van der Waals surface area contributed by atoms with E-state index < -0.39 is 6.04 Å². The van der Waals surface area contributed by atoms with Crippen molar-refractivity contribution >= 4 is 23.2 Å². The Morgan fingerprint density at radius 1 is 1.06 bits per heavy atom. The molecule has 0 aliphatic heterocycles. The van der Waals surface area contributed by atoms with Crippen LogP contribution in [0.15, 0.2) is 42.5 Å². The number of rotatable bonds is 3. The molecule has 0 radical (unpaired) electrons. The highest BCUT2D eigenvalue weighted by Crippen LogP contribution is 2.23. The highest BCUT2D eigenvalue weighted by molar-refractivity contribution is 6.30. The molecule has 18 heavy (non-hydrogen) atoms. The van der Waals surface area contributed by atoms with Crippen LogP contribution in [0.1, 0.15) is 17.2 Å². The van der Waals surface area contributed by atoms with Gasteiger partial charge in [0.1, 0.15) is 5.82 Å². The van der Waals surface area contributed by atoms with E-state index in [1.807, 2.05) is 18.2 Å². The molecular formula is C14H12Cl2FN. The van der Waals surface area contributed by atoms with Crippen molar-refractivity contribution in [2.75, 3.05) is 0 Å². The molecule has 4 heteroatoms. The van der Waals surface area contributed by atoms with Crippen molar-refractivity contribution in [3.63, 3.8) is 0 Å². The normalized spacial score (nSPS) is 12.4. The minimum Gasteiger partial charge on any atom is -0.324 e. The Bertz CT molecular complexity index is 557. The average molecular weight is 284 g/mol. The minimum absolute atomic E-state index is 0.367. The fourth-order valence-electron chi connectivity index (χ4n) is 1.83. The third kappa shape index (κ3) is 3.22. The van der Waals surface area contributed by atoms with Crippen molar-refractivity contribution in [1.82, 2.24) is 0 Å². The molecule has 1 nitrogen and oxygen atoms in total. The molecule has 0 aromatic heterocycles. The van der Waals surface area contributed by atoms with Gasteiger partial charge in [-0.25, -0.2) is 4.39 Å². The van der Waals surface area contributed by atoms with Gasteiger partial charge in [-0.15, -0.1) is 0 Å². The largest absolute Gasteiger partial charge is 0.324 e. The minimum atomic E-state index is -0.416. The first-order valence-corrected chi connectivity index (χ1v) is 6.27. The van der Waals surface area contributed by atoms with E-state index in [-0.39, 0.29) is 5.82 Å². The second-order valence-corrected chi connectivity index (χ2v) is 4.98. The second-order valence-electron chi connectivity index (χ2n) is 4.11. The summed E-state index contributed by atoms with van der Waals surface area (Å²) < 4.78 is 13.7. The third-order valence-corrected chi connectivity index (χ3v) is 3.18. The molecule has 2 aromatic rings. The maximum Gasteiger partial charge on any atom is 0.129 e. The highest BCUT2D eigenvalue weighted by atomic mass is 35.5. The van der Waals surface area contributed by atoms with Crippen molar-refractivity contribution in [3.05, 3.63) is 69.5 Å². The van der Waals surface area contributed by atoms with E-state index in [4.69, 9.17) is 28.9 Å². The molecule has 0 aliphatic carbocycles. The summed E-state index contributed by atoms with van der Waals surface area (Å²) in [6, 6.07) is 11.5. The Labute approximate surface area is 115 Å². The van der Waals surface area contributed by atoms with Gasteiger partial charge in [0, 0.05) is 21.7 Å². The molecule has 1 unspecified atom stereocenters. The van der Waals surface area contributed by atoms with Crippen molar-refractivity contribution < 1.29 is 4.39 Å². The number of halogens is 3. The second kappa shape index (κ2) is 5.70. The molecule has 2 N–H and O–H groups in total. The fourth-order valence-corrected chi connectivity index (χ4v) is 2.20. The van der Waals surface area contributed by atoms with Crippen LogP contribution in [0.3, 0.4) is 0 Å². The quantitative estimate of drug-likeness (QED) is 0.889. The summed E-state index contributed by atoms with van der Waals surface area (Å²) in [6.07, 6.45) is 0.527. The smallest absolute Gasteiger partial charge is 0.129 e. The van der Waals surface area contributed by atoms with Crippen molar-refractivity contribution in [1.29, 1.82) is 0 Å². The van der Waals surface area contributed by atoms with Gasteiger partial charge in [0.05, 0.1) is 0 Å². The van der Waals surface area contributed by atoms with Crippen molar-refractivity contribution in [2.24, 2.45) is 5.73 Å². The van der Waals surface area contributed by atoms with Crippen LogP contribution in [0, 0.1) is 5.82 Å². The molecule has 0 aliphatic rings. The average Bonchev–Trinajstić information content (AvgIpc) is 2.28. The van der Waals surface area contributed by atoms with Crippen LogP contribution in [0.2, 0.25) is 10.0 Å². The summed E-state index contributed by atoms with van der Waals surface area (Å²) in [4.78, 5) is 0. The molecule has 0 heterocycles. The first kappa shape index (κ1) is 13.3. The van der Waals surface area contributed by atoms with Gasteiger partial charge in [-0.2, -0.15) is 0 Å². The van der Waals surface area contributed by atoms with Crippen LogP contribution in [-0.2, 0) is 6.42 Å². The lowest BCUT2D eigenvalue weighted by molar-refractivity contribution is 0.580. The van der Waals surface area contributed by atoms with Crippen LogP contribution in [0.25, 0.3) is 0 Å². The van der Waals surface area contributed by atoms with Gasteiger partial charge in [0.2, 0.25) is 0 Å². The standard InChI is InChI=1S/C14H12Cl2FN/c15-10-3-1-2-9(6-10)7-14(18)12-5-4-11(16)8-13(12)17/h1-6,8,14H,7,18H2. The predicted octanol–water partition coefficient (Wildman–Crippen LogP) is 4.38. The van der Waals surface area contributed by atoms with Gasteiger partial charge in [0.25, 0.3) is 0 Å². The number of hydrogen-bond acceptors (Lipinski definition) is 1. The predicted molar refractivity (Wildman–Crippen MR) is 73.5 cm³/mol. The fraction of sp³-hybridized carbons (Fsp3) is 0.143. The maximum atomic E-state index is 13.7. The lowest BCUT2D eigenvalue weighted by Crippen LogP contribution is -2.15. The van der Waals surface area contributed by atoms with E-state index in [1.165, 1.54) is 6.07 Å². The summed E-state index contributed by atoms with van der Waals surface area (Å²) in [5.41, 5.74) is 7.44. The van der Waals surface area contributed by atoms with Gasteiger partial charge >= 0.3 is 0 Å². The zero-order chi connectivity index (χ0) is 13.1. The highest BCUT2D eigenvalue weighted by Gasteiger charge is 2.12. The summed E-state index contributed by atoms with van der Waals surface area (Å²) in [5.74, 6) is -0.378. The lowest BCUT2D eigenvalue weighted by atomic mass is 9.99. The monoisotopic (exact) mass is 283 g/mol. The molecule has 0 amide bonds. The van der Waals surface area contributed by atoms with Crippen LogP contribution in [0.4, 0.5) is 4.39 Å². The van der Waals surface area contributed by atoms with Crippen LogP contribution in [-0.4, -0.2) is 0 Å². The number of benzene rings is 2. The Kier molecular flexibility index (Phi) is 4.23. The summed E-state index contributed by atoms with van der Waals surface area (Å²) in [6.45, 7) is 0. The summed E-state index contributed by atoms with van der Waals surface area (Å²) in [7, 11) is 0. The van der Waals surface area contributed by atoms with Crippen LogP contribution >= 0.6 is 23.2 Å². The van der Waals surface area contributed by atoms with E-state index in [0.29, 0.717) is 22.0 Å². The molecule has 2 aromatic carbocycles. The van der Waals surface area contributed by atoms with Gasteiger partial charge in [-0.05, 0) is 36.2 Å². The zero-order valence-corrected chi connectivity index (χ0v) is 11.0. The van der Waals surface area contributed by atoms with E-state index in [2.05, 4.69) is 0 Å². The third-order valence-electron chi connectivity index (χ3n) is 2.71. The van der Waals surface area contributed by atoms with Gasteiger partial charge in [0.15, 0.2) is 0 Å². The van der Waals surface area contributed by atoms with E-state index in [1.54, 1.807) is 18.2 Å². The Hall–Kier alpha value is -1.09. The SMILES string of the molecule is NC(Cc1cccc(Cl)c1)c1ccc(Cl)cc1F. The molecule has 94 valence electrons. The van der Waals surface area contributed by atoms with Crippen molar-refractivity contribution in [3.8, 4) is 0 Å². The molecule has 0 spiro atoms. The summed E-state index contributed by atoms with van der Waals surface area (Å²) in [5, 5.41) is 1.02. The number of hydrogen-bond donors (Lipinski definition) is 1. The molecule has 0 fully saturated rings. The Balaban J connectivity index is 2.19. The van der Waals surface area contributed by atoms with Gasteiger partial charge < -0.3 is 5.73 Å².